The van der Waals surface area contributed by atoms with Crippen LogP contribution >= 0.6 is 10.7 Å². The molecule has 0 aromatic heterocycles. The molecule has 1 aliphatic rings. The van der Waals surface area contributed by atoms with Crippen LogP contribution in [0.3, 0.4) is 0 Å². The van der Waals surface area contributed by atoms with Gasteiger partial charge in [0.25, 0.3) is 0 Å². The first-order chi connectivity index (χ1) is 17.9. The molecule has 4 rings (SSSR count). The van der Waals surface area contributed by atoms with Gasteiger partial charge in [-0.2, -0.15) is 0 Å². The highest BCUT2D eigenvalue weighted by Gasteiger charge is 2.49. The third kappa shape index (κ3) is 8.35. The number of halogens is 1. The van der Waals surface area contributed by atoms with Gasteiger partial charge in [-0.25, -0.2) is 8.42 Å². The maximum absolute atomic E-state index is 12.1. The van der Waals surface area contributed by atoms with Crippen molar-refractivity contribution in [2.45, 2.75) is 50.5 Å². The van der Waals surface area contributed by atoms with Gasteiger partial charge in [0.15, 0.2) is 6.29 Å². The fourth-order valence-corrected chi connectivity index (χ4v) is 5.30. The van der Waals surface area contributed by atoms with Gasteiger partial charge in [-0.3, -0.25) is 0 Å². The second kappa shape index (κ2) is 13.5. The molecule has 1 saturated heterocycles. The Labute approximate surface area is 222 Å². The summed E-state index contributed by atoms with van der Waals surface area (Å²) in [4.78, 5) is 0. The van der Waals surface area contributed by atoms with E-state index in [0.717, 1.165) is 16.7 Å². The van der Waals surface area contributed by atoms with Gasteiger partial charge in [0.2, 0.25) is 9.05 Å². The summed E-state index contributed by atoms with van der Waals surface area (Å²) in [5.41, 5.74) is 2.84. The molecule has 9 heteroatoms. The van der Waals surface area contributed by atoms with Gasteiger partial charge in [-0.05, 0) is 16.7 Å². The SMILES string of the molecule is COC1O[C@@H](CS(=O)(=O)Cl)C(OCc2ccccc2)[C@@H](OCc2ccccc2)[C@H]1OCc1ccccc1. The number of benzene rings is 3. The third-order valence-corrected chi connectivity index (χ3v) is 7.15. The molecule has 0 N–H and O–H groups in total. The van der Waals surface area contributed by atoms with E-state index in [-0.39, 0.29) is 19.8 Å². The zero-order chi connectivity index (χ0) is 26.1. The number of ether oxygens (including phenoxy) is 5. The van der Waals surface area contributed by atoms with Crippen LogP contribution in [0, 0.1) is 0 Å². The van der Waals surface area contributed by atoms with Crippen molar-refractivity contribution in [1.82, 2.24) is 0 Å². The number of hydrogen-bond donors (Lipinski definition) is 0. The van der Waals surface area contributed by atoms with E-state index < -0.39 is 45.5 Å². The molecule has 5 atom stereocenters. The minimum absolute atomic E-state index is 0.224. The molecule has 0 bridgehead atoms. The van der Waals surface area contributed by atoms with Crippen LogP contribution in [-0.4, -0.2) is 52.0 Å². The smallest absolute Gasteiger partial charge is 0.235 e. The fraction of sp³-hybridized carbons (Fsp3) is 0.357. The quantitative estimate of drug-likeness (QED) is 0.305. The summed E-state index contributed by atoms with van der Waals surface area (Å²) < 4.78 is 54.9. The Hall–Kier alpha value is -2.30. The van der Waals surface area contributed by atoms with E-state index in [1.807, 2.05) is 91.0 Å². The lowest BCUT2D eigenvalue weighted by Gasteiger charge is -2.45. The molecule has 0 amide bonds. The van der Waals surface area contributed by atoms with Crippen molar-refractivity contribution in [1.29, 1.82) is 0 Å². The lowest BCUT2D eigenvalue weighted by molar-refractivity contribution is -0.313. The first-order valence-corrected chi connectivity index (χ1v) is 14.5. The molecular formula is C28H31ClO7S. The monoisotopic (exact) mass is 546 g/mol. The lowest BCUT2D eigenvalue weighted by Crippen LogP contribution is -2.61. The first-order valence-electron chi connectivity index (χ1n) is 12.0. The van der Waals surface area contributed by atoms with Gasteiger partial charge in [0, 0.05) is 17.8 Å². The van der Waals surface area contributed by atoms with E-state index in [2.05, 4.69) is 0 Å². The second-order valence-electron chi connectivity index (χ2n) is 8.77. The molecular weight excluding hydrogens is 516 g/mol. The van der Waals surface area contributed by atoms with Crippen LogP contribution in [0.2, 0.25) is 0 Å². The van der Waals surface area contributed by atoms with Crippen molar-refractivity contribution in [3.05, 3.63) is 108 Å². The van der Waals surface area contributed by atoms with Crippen LogP contribution in [0.25, 0.3) is 0 Å². The average molecular weight is 547 g/mol. The van der Waals surface area contributed by atoms with E-state index in [9.17, 15) is 8.42 Å². The van der Waals surface area contributed by atoms with E-state index in [4.69, 9.17) is 34.4 Å². The van der Waals surface area contributed by atoms with Gasteiger partial charge in [-0.15, -0.1) is 0 Å². The standard InChI is InChI=1S/C28H31ClO7S/c1-32-28-27(35-19-23-15-9-4-10-16-23)26(34-18-22-13-7-3-8-14-22)25(24(36-28)20-37(29,30)31)33-17-21-11-5-2-6-12-21/h2-16,24-28H,17-20H2,1H3/t24-,25?,26+,27+,28?/m0/s1. The van der Waals surface area contributed by atoms with Crippen molar-refractivity contribution in [3.63, 3.8) is 0 Å². The topological polar surface area (TPSA) is 80.3 Å². The van der Waals surface area contributed by atoms with Gasteiger partial charge in [0.05, 0.1) is 25.6 Å². The molecule has 37 heavy (non-hydrogen) atoms. The van der Waals surface area contributed by atoms with Crippen LogP contribution in [0.4, 0.5) is 0 Å². The summed E-state index contributed by atoms with van der Waals surface area (Å²) in [7, 11) is 3.22. The molecule has 7 nitrogen and oxygen atoms in total. The largest absolute Gasteiger partial charge is 0.368 e. The van der Waals surface area contributed by atoms with Gasteiger partial charge < -0.3 is 23.7 Å². The van der Waals surface area contributed by atoms with Crippen LogP contribution in [-0.2, 0) is 52.6 Å². The zero-order valence-corrected chi connectivity index (χ0v) is 22.1. The molecule has 198 valence electrons. The molecule has 0 radical (unpaired) electrons. The van der Waals surface area contributed by atoms with Crippen molar-refractivity contribution in [3.8, 4) is 0 Å². The molecule has 0 saturated carbocycles. The maximum atomic E-state index is 12.1. The number of rotatable bonds is 12. The molecule has 0 aliphatic carbocycles. The summed E-state index contributed by atoms with van der Waals surface area (Å²) in [5.74, 6) is -0.468. The number of methoxy groups -OCH3 is 1. The van der Waals surface area contributed by atoms with Crippen LogP contribution in [0.15, 0.2) is 91.0 Å². The van der Waals surface area contributed by atoms with E-state index in [1.165, 1.54) is 7.11 Å². The lowest BCUT2D eigenvalue weighted by atomic mass is 9.98. The molecule has 1 fully saturated rings. The molecule has 3 aromatic rings. The Morgan fingerprint density at radius 1 is 0.676 bits per heavy atom. The molecule has 2 unspecified atom stereocenters. The normalized spacial score (nSPS) is 24.1. The second-order valence-corrected chi connectivity index (χ2v) is 11.6. The van der Waals surface area contributed by atoms with Crippen molar-refractivity contribution >= 4 is 19.7 Å². The van der Waals surface area contributed by atoms with Gasteiger partial charge in [-0.1, -0.05) is 91.0 Å². The highest BCUT2D eigenvalue weighted by atomic mass is 35.7. The molecule has 1 aliphatic heterocycles. The Morgan fingerprint density at radius 3 is 1.49 bits per heavy atom. The van der Waals surface area contributed by atoms with Gasteiger partial charge in [0.1, 0.15) is 24.4 Å². The summed E-state index contributed by atoms with van der Waals surface area (Å²) in [6.07, 6.45) is -4.05. The van der Waals surface area contributed by atoms with Gasteiger partial charge >= 0.3 is 0 Å². The minimum Gasteiger partial charge on any atom is -0.368 e. The van der Waals surface area contributed by atoms with E-state index in [0.29, 0.717) is 0 Å². The third-order valence-electron chi connectivity index (χ3n) is 6.04. The van der Waals surface area contributed by atoms with Crippen molar-refractivity contribution < 1.29 is 32.1 Å². The highest BCUT2D eigenvalue weighted by molar-refractivity contribution is 8.13. The molecule has 0 spiro atoms. The Kier molecular flexibility index (Phi) is 10.1. The van der Waals surface area contributed by atoms with E-state index >= 15 is 0 Å². The predicted octanol–water partition coefficient (Wildman–Crippen LogP) is 4.68. The van der Waals surface area contributed by atoms with Crippen LogP contribution in [0.1, 0.15) is 16.7 Å². The van der Waals surface area contributed by atoms with E-state index in [1.54, 1.807) is 0 Å². The van der Waals surface area contributed by atoms with Crippen molar-refractivity contribution in [2.24, 2.45) is 0 Å². The fourth-order valence-electron chi connectivity index (χ4n) is 4.27. The average Bonchev–Trinajstić information content (AvgIpc) is 2.91. The summed E-state index contributed by atoms with van der Waals surface area (Å²) in [6, 6.07) is 29.0. The molecule has 1 heterocycles. The molecule has 3 aromatic carbocycles. The summed E-state index contributed by atoms with van der Waals surface area (Å²) in [6.45, 7) is 0.768. The van der Waals surface area contributed by atoms with Crippen LogP contribution in [0.5, 0.6) is 0 Å². The number of hydrogen-bond acceptors (Lipinski definition) is 7. The highest BCUT2D eigenvalue weighted by Crippen LogP contribution is 2.32. The Bertz CT molecular complexity index is 1180. The maximum Gasteiger partial charge on any atom is 0.235 e. The predicted molar refractivity (Wildman–Crippen MR) is 140 cm³/mol. The summed E-state index contributed by atoms with van der Waals surface area (Å²) >= 11 is 0. The first kappa shape index (κ1) is 27.7. The van der Waals surface area contributed by atoms with Crippen molar-refractivity contribution in [2.75, 3.05) is 12.9 Å². The summed E-state index contributed by atoms with van der Waals surface area (Å²) in [5, 5.41) is 0. The Morgan fingerprint density at radius 2 is 1.08 bits per heavy atom. The minimum atomic E-state index is -3.92. The Balaban J connectivity index is 1.63. The zero-order valence-electron chi connectivity index (χ0n) is 20.5. The van der Waals surface area contributed by atoms with Crippen LogP contribution < -0.4 is 0 Å².